The van der Waals surface area contributed by atoms with Crippen LogP contribution in [0.15, 0.2) is 22.7 Å². The maximum Gasteiger partial charge on any atom is 0.407 e. The third kappa shape index (κ3) is 5.80. The maximum atomic E-state index is 11.5. The first kappa shape index (κ1) is 16.3. The first-order valence-corrected chi connectivity index (χ1v) is 7.03. The molecule has 3 N–H and O–H groups in total. The highest BCUT2D eigenvalue weighted by molar-refractivity contribution is 9.10. The van der Waals surface area contributed by atoms with E-state index in [0.717, 1.165) is 10.0 Å². The van der Waals surface area contributed by atoms with Gasteiger partial charge < -0.3 is 15.8 Å². The van der Waals surface area contributed by atoms with Crippen molar-refractivity contribution in [2.75, 3.05) is 6.54 Å². The topological polar surface area (TPSA) is 64.3 Å². The Morgan fingerprint density at radius 2 is 2.16 bits per heavy atom. The molecule has 0 aliphatic carbocycles. The number of alkyl carbamates (subject to hydrolysis) is 1. The smallest absolute Gasteiger partial charge is 0.407 e. The number of rotatable bonds is 3. The van der Waals surface area contributed by atoms with Crippen molar-refractivity contribution in [2.45, 2.75) is 32.4 Å². The van der Waals surface area contributed by atoms with E-state index in [1.54, 1.807) is 26.8 Å². The standard InChI is InChI=1S/C13H18BrClN2O2/c1-13(2,3)19-12(18)17-7-11(16)8-4-5-9(14)10(15)6-8/h4-6,11H,7,16H2,1-3H3,(H,17,18). The Bertz CT molecular complexity index is 460. The van der Waals surface area contributed by atoms with Crippen molar-refractivity contribution >= 4 is 33.6 Å². The molecule has 0 spiro atoms. The molecular weight excluding hydrogens is 332 g/mol. The van der Waals surface area contributed by atoms with E-state index < -0.39 is 11.7 Å². The normalized spacial score (nSPS) is 12.9. The van der Waals surface area contributed by atoms with Gasteiger partial charge >= 0.3 is 6.09 Å². The summed E-state index contributed by atoms with van der Waals surface area (Å²) in [4.78, 5) is 11.5. The van der Waals surface area contributed by atoms with Crippen molar-refractivity contribution in [2.24, 2.45) is 5.73 Å². The third-order valence-corrected chi connectivity index (χ3v) is 3.47. The highest BCUT2D eigenvalue weighted by Crippen LogP contribution is 2.25. The number of nitrogens with two attached hydrogens (primary N) is 1. The van der Waals surface area contributed by atoms with Crippen LogP contribution in [0.3, 0.4) is 0 Å². The summed E-state index contributed by atoms with van der Waals surface area (Å²) in [6.07, 6.45) is -0.480. The van der Waals surface area contributed by atoms with Gasteiger partial charge in [-0.2, -0.15) is 0 Å². The van der Waals surface area contributed by atoms with Crippen LogP contribution in [-0.4, -0.2) is 18.2 Å². The molecule has 4 nitrogen and oxygen atoms in total. The number of amides is 1. The molecule has 0 saturated heterocycles. The Morgan fingerprint density at radius 1 is 1.53 bits per heavy atom. The van der Waals surface area contributed by atoms with Crippen LogP contribution in [0.1, 0.15) is 32.4 Å². The minimum Gasteiger partial charge on any atom is -0.444 e. The molecule has 1 amide bonds. The van der Waals surface area contributed by atoms with E-state index >= 15 is 0 Å². The maximum absolute atomic E-state index is 11.5. The fraction of sp³-hybridized carbons (Fsp3) is 0.462. The summed E-state index contributed by atoms with van der Waals surface area (Å²) in [7, 11) is 0. The molecule has 0 bridgehead atoms. The molecule has 1 rings (SSSR count). The third-order valence-electron chi connectivity index (χ3n) is 2.24. The molecule has 0 radical (unpaired) electrons. The first-order chi connectivity index (χ1) is 8.69. The second-order valence-electron chi connectivity index (χ2n) is 5.16. The average Bonchev–Trinajstić information content (AvgIpc) is 2.27. The van der Waals surface area contributed by atoms with E-state index in [0.29, 0.717) is 5.02 Å². The van der Waals surface area contributed by atoms with Gasteiger partial charge in [0.15, 0.2) is 0 Å². The molecule has 1 unspecified atom stereocenters. The van der Waals surface area contributed by atoms with Gasteiger partial charge in [0, 0.05) is 17.1 Å². The van der Waals surface area contributed by atoms with E-state index in [9.17, 15) is 4.79 Å². The van der Waals surface area contributed by atoms with Gasteiger partial charge in [-0.3, -0.25) is 0 Å². The molecule has 0 aliphatic rings. The van der Waals surface area contributed by atoms with Crippen molar-refractivity contribution in [3.05, 3.63) is 33.3 Å². The molecule has 1 atom stereocenters. The fourth-order valence-corrected chi connectivity index (χ4v) is 1.80. The molecule has 19 heavy (non-hydrogen) atoms. The Balaban J connectivity index is 2.53. The summed E-state index contributed by atoms with van der Waals surface area (Å²) in [5.74, 6) is 0. The van der Waals surface area contributed by atoms with Crippen LogP contribution >= 0.6 is 27.5 Å². The van der Waals surface area contributed by atoms with Crippen LogP contribution in [0.5, 0.6) is 0 Å². The van der Waals surface area contributed by atoms with Gasteiger partial charge in [-0.25, -0.2) is 4.79 Å². The number of carbonyl (C=O) groups excluding carboxylic acids is 1. The number of hydrogen-bond acceptors (Lipinski definition) is 3. The van der Waals surface area contributed by atoms with Crippen LogP contribution in [0.2, 0.25) is 5.02 Å². The van der Waals surface area contributed by atoms with Gasteiger partial charge in [0.25, 0.3) is 0 Å². The number of ether oxygens (including phenoxy) is 1. The Kier molecular flexibility index (Phi) is 5.64. The molecule has 106 valence electrons. The van der Waals surface area contributed by atoms with Gasteiger partial charge in [0.2, 0.25) is 0 Å². The average molecular weight is 350 g/mol. The summed E-state index contributed by atoms with van der Waals surface area (Å²) in [6.45, 7) is 5.70. The predicted molar refractivity (Wildman–Crippen MR) is 80.3 cm³/mol. The number of nitrogens with one attached hydrogen (secondary N) is 1. The summed E-state index contributed by atoms with van der Waals surface area (Å²) in [5.41, 5.74) is 6.31. The molecule has 0 aliphatic heterocycles. The molecular formula is C13H18BrClN2O2. The second kappa shape index (κ2) is 6.59. The number of halogens is 2. The Morgan fingerprint density at radius 3 is 2.68 bits per heavy atom. The lowest BCUT2D eigenvalue weighted by atomic mass is 10.1. The quantitative estimate of drug-likeness (QED) is 0.876. The summed E-state index contributed by atoms with van der Waals surface area (Å²) >= 11 is 9.30. The van der Waals surface area contributed by atoms with E-state index in [1.807, 2.05) is 12.1 Å². The summed E-state index contributed by atoms with van der Waals surface area (Å²) in [5, 5.41) is 3.22. The fourth-order valence-electron chi connectivity index (χ4n) is 1.37. The van der Waals surface area contributed by atoms with Gasteiger partial charge in [0.05, 0.1) is 5.02 Å². The zero-order chi connectivity index (χ0) is 14.6. The molecule has 0 fully saturated rings. The summed E-state index contributed by atoms with van der Waals surface area (Å²) in [6, 6.07) is 5.12. The predicted octanol–water partition coefficient (Wildman–Crippen LogP) is 3.63. The van der Waals surface area contributed by atoms with E-state index in [4.69, 9.17) is 22.1 Å². The van der Waals surface area contributed by atoms with Gasteiger partial charge in [0.1, 0.15) is 5.60 Å². The zero-order valence-corrected chi connectivity index (χ0v) is 13.5. The van der Waals surface area contributed by atoms with Crippen LogP contribution in [0.25, 0.3) is 0 Å². The highest BCUT2D eigenvalue weighted by atomic mass is 79.9. The zero-order valence-electron chi connectivity index (χ0n) is 11.2. The van der Waals surface area contributed by atoms with Crippen LogP contribution in [-0.2, 0) is 4.74 Å². The SMILES string of the molecule is CC(C)(C)OC(=O)NCC(N)c1ccc(Br)c(Cl)c1. The largest absolute Gasteiger partial charge is 0.444 e. The monoisotopic (exact) mass is 348 g/mol. The molecule has 1 aromatic carbocycles. The number of benzene rings is 1. The van der Waals surface area contributed by atoms with Gasteiger partial charge in [-0.15, -0.1) is 0 Å². The van der Waals surface area contributed by atoms with Crippen molar-refractivity contribution < 1.29 is 9.53 Å². The lowest BCUT2D eigenvalue weighted by Gasteiger charge is -2.21. The number of hydrogen-bond donors (Lipinski definition) is 2. The van der Waals surface area contributed by atoms with Crippen molar-refractivity contribution in [1.29, 1.82) is 0 Å². The number of carbonyl (C=O) groups is 1. The Hall–Kier alpha value is -0.780. The second-order valence-corrected chi connectivity index (χ2v) is 6.42. The minimum absolute atomic E-state index is 0.285. The van der Waals surface area contributed by atoms with Crippen molar-refractivity contribution in [3.63, 3.8) is 0 Å². The van der Waals surface area contributed by atoms with Crippen molar-refractivity contribution in [3.8, 4) is 0 Å². The summed E-state index contributed by atoms with van der Waals surface area (Å²) < 4.78 is 5.94. The highest BCUT2D eigenvalue weighted by Gasteiger charge is 2.17. The Labute approximate surface area is 126 Å². The van der Waals surface area contributed by atoms with Gasteiger partial charge in [-0.1, -0.05) is 17.7 Å². The lowest BCUT2D eigenvalue weighted by molar-refractivity contribution is 0.0524. The first-order valence-electron chi connectivity index (χ1n) is 5.86. The van der Waals surface area contributed by atoms with Crippen LogP contribution in [0, 0.1) is 0 Å². The van der Waals surface area contributed by atoms with E-state index in [2.05, 4.69) is 21.2 Å². The van der Waals surface area contributed by atoms with Crippen molar-refractivity contribution in [1.82, 2.24) is 5.32 Å². The van der Waals surface area contributed by atoms with E-state index in [1.165, 1.54) is 0 Å². The molecule has 0 aromatic heterocycles. The molecule has 0 saturated carbocycles. The molecule has 1 aromatic rings. The van der Waals surface area contributed by atoms with Crippen LogP contribution in [0.4, 0.5) is 4.79 Å². The lowest BCUT2D eigenvalue weighted by Crippen LogP contribution is -2.36. The van der Waals surface area contributed by atoms with Crippen LogP contribution < -0.4 is 11.1 Å². The molecule has 6 heteroatoms. The molecule has 0 heterocycles. The van der Waals surface area contributed by atoms with E-state index in [-0.39, 0.29) is 12.6 Å². The van der Waals surface area contributed by atoms with Gasteiger partial charge in [-0.05, 0) is 54.4 Å². The minimum atomic E-state index is -0.519.